The molecule has 6 heteroatoms. The van der Waals surface area contributed by atoms with Crippen molar-refractivity contribution in [2.45, 2.75) is 26.2 Å². The average Bonchev–Trinajstić information content (AvgIpc) is 2.71. The highest BCUT2D eigenvalue weighted by Crippen LogP contribution is 2.32. The monoisotopic (exact) mass is 283 g/mol. The number of carbonyl (C=O) groups is 1. The van der Waals surface area contributed by atoms with Crippen LogP contribution in [-0.4, -0.2) is 18.6 Å². The average molecular weight is 283 g/mol. The molecule has 1 aliphatic heterocycles. The van der Waals surface area contributed by atoms with Gasteiger partial charge in [-0.15, -0.1) is 0 Å². The van der Waals surface area contributed by atoms with Gasteiger partial charge in [-0.3, -0.25) is 4.79 Å². The second-order valence-corrected chi connectivity index (χ2v) is 4.55. The Hall–Kier alpha value is -2.07. The molecule has 1 fully saturated rings. The van der Waals surface area contributed by atoms with Crippen molar-refractivity contribution in [2.75, 3.05) is 6.54 Å². The lowest BCUT2D eigenvalue weighted by molar-refractivity contribution is -0.191. The molecule has 2 rings (SSSR count). The number of amides is 1. The Kier molecular flexibility index (Phi) is 5.53. The minimum atomic E-state index is -0.546. The topological polar surface area (TPSA) is 63.2 Å². The highest BCUT2D eigenvalue weighted by atomic mass is 19.1. The van der Waals surface area contributed by atoms with Crippen LogP contribution in [0.4, 0.5) is 8.78 Å². The molecule has 1 N–H and O–H groups in total. The van der Waals surface area contributed by atoms with E-state index in [1.165, 1.54) is 12.1 Å². The molecule has 1 aromatic carbocycles. The maximum Gasteiger partial charge on any atom is 0.373 e. The number of nitrogens with one attached hydrogen (secondary N) is 1. The number of benzene rings is 1. The fourth-order valence-electron chi connectivity index (χ4n) is 2.28. The van der Waals surface area contributed by atoms with Gasteiger partial charge in [0.15, 0.2) is 0 Å². The standard InChI is InChI=1S/C13H15F2NO.CO2/c1-3-8-4-10(14)12(11(15)5-8)9-6-16-13(17)7(9)2;2-1-3/h4-5,7,9H,3,6H2,1-2H3,(H,16,17);/t7-,9+;/m0./s1. The fraction of sp³-hybridized carbons (Fsp3) is 0.429. The predicted octanol–water partition coefficient (Wildman–Crippen LogP) is 1.79. The van der Waals surface area contributed by atoms with Crippen LogP contribution in [0.15, 0.2) is 12.1 Å². The minimum absolute atomic E-state index is 0.0352. The van der Waals surface area contributed by atoms with Gasteiger partial charge in [0.1, 0.15) is 11.6 Å². The third kappa shape index (κ3) is 3.27. The van der Waals surface area contributed by atoms with Crippen LogP contribution in [0.1, 0.15) is 30.9 Å². The first-order valence-electron chi connectivity index (χ1n) is 6.21. The number of halogens is 2. The molecule has 1 aliphatic rings. The summed E-state index contributed by atoms with van der Waals surface area (Å²) in [6, 6.07) is 2.71. The second kappa shape index (κ2) is 6.91. The largest absolute Gasteiger partial charge is 0.373 e. The summed E-state index contributed by atoms with van der Waals surface area (Å²) in [5.74, 6) is -2.03. The smallest absolute Gasteiger partial charge is 0.355 e. The van der Waals surface area contributed by atoms with Crippen molar-refractivity contribution in [3.63, 3.8) is 0 Å². The fourth-order valence-corrected chi connectivity index (χ4v) is 2.28. The highest BCUT2D eigenvalue weighted by molar-refractivity contribution is 5.82. The predicted molar refractivity (Wildman–Crippen MR) is 65.7 cm³/mol. The molecule has 0 unspecified atom stereocenters. The third-order valence-corrected chi connectivity index (χ3v) is 3.43. The number of aryl methyl sites for hydroxylation is 1. The lowest BCUT2D eigenvalue weighted by atomic mass is 9.88. The van der Waals surface area contributed by atoms with Gasteiger partial charge in [0.25, 0.3) is 0 Å². The Morgan fingerprint density at radius 3 is 2.15 bits per heavy atom. The first-order chi connectivity index (χ1) is 9.46. The van der Waals surface area contributed by atoms with Crippen molar-refractivity contribution in [1.29, 1.82) is 0 Å². The van der Waals surface area contributed by atoms with Crippen molar-refractivity contribution >= 4 is 12.1 Å². The second-order valence-electron chi connectivity index (χ2n) is 4.55. The van der Waals surface area contributed by atoms with E-state index in [1.54, 1.807) is 6.92 Å². The molecule has 2 atom stereocenters. The summed E-state index contributed by atoms with van der Waals surface area (Å²) in [4.78, 5) is 27.6. The van der Waals surface area contributed by atoms with Crippen LogP contribution >= 0.6 is 0 Å². The number of carbonyl (C=O) groups excluding carboxylic acids is 3. The van der Waals surface area contributed by atoms with Gasteiger partial charge < -0.3 is 5.32 Å². The zero-order chi connectivity index (χ0) is 15.3. The SMILES string of the molecule is CCc1cc(F)c([C@@H]2CNC(=O)[C@H]2C)c(F)c1.O=C=O. The Morgan fingerprint density at radius 1 is 1.30 bits per heavy atom. The van der Waals surface area contributed by atoms with E-state index in [0.29, 0.717) is 18.5 Å². The van der Waals surface area contributed by atoms with E-state index in [9.17, 15) is 13.6 Å². The van der Waals surface area contributed by atoms with E-state index in [-0.39, 0.29) is 23.5 Å². The van der Waals surface area contributed by atoms with Crippen LogP contribution in [0.2, 0.25) is 0 Å². The van der Waals surface area contributed by atoms with E-state index in [1.807, 2.05) is 6.92 Å². The molecule has 0 spiro atoms. The summed E-state index contributed by atoms with van der Waals surface area (Å²) in [5.41, 5.74) is 0.668. The van der Waals surface area contributed by atoms with E-state index in [2.05, 4.69) is 5.32 Å². The first-order valence-corrected chi connectivity index (χ1v) is 6.21. The lowest BCUT2D eigenvalue weighted by Gasteiger charge is -2.15. The van der Waals surface area contributed by atoms with Gasteiger partial charge in [-0.25, -0.2) is 8.78 Å². The van der Waals surface area contributed by atoms with Gasteiger partial charge >= 0.3 is 6.15 Å². The Bertz CT molecular complexity index is 516. The maximum absolute atomic E-state index is 13.9. The summed E-state index contributed by atoms with van der Waals surface area (Å²) in [6.45, 7) is 3.84. The zero-order valence-electron chi connectivity index (χ0n) is 11.2. The summed E-state index contributed by atoms with van der Waals surface area (Å²) in [7, 11) is 0. The molecule has 0 radical (unpaired) electrons. The Morgan fingerprint density at radius 2 is 1.80 bits per heavy atom. The summed E-state index contributed by atoms with van der Waals surface area (Å²) in [5, 5.41) is 2.63. The molecule has 1 amide bonds. The van der Waals surface area contributed by atoms with E-state index in [4.69, 9.17) is 9.59 Å². The van der Waals surface area contributed by atoms with Gasteiger partial charge in [0.05, 0.1) is 0 Å². The first kappa shape index (κ1) is 16.0. The minimum Gasteiger partial charge on any atom is -0.355 e. The molecular weight excluding hydrogens is 268 g/mol. The van der Waals surface area contributed by atoms with Crippen molar-refractivity contribution in [1.82, 2.24) is 5.32 Å². The molecule has 0 saturated carbocycles. The van der Waals surface area contributed by atoms with Gasteiger partial charge in [-0.1, -0.05) is 13.8 Å². The van der Waals surface area contributed by atoms with Crippen LogP contribution in [0, 0.1) is 17.6 Å². The van der Waals surface area contributed by atoms with Crippen LogP contribution in [0.25, 0.3) is 0 Å². The van der Waals surface area contributed by atoms with Crippen LogP contribution in [0.5, 0.6) is 0 Å². The summed E-state index contributed by atoms with van der Waals surface area (Å²) in [6.07, 6.45) is 0.839. The number of rotatable bonds is 2. The Balaban J connectivity index is 0.000000612. The van der Waals surface area contributed by atoms with E-state index >= 15 is 0 Å². The quantitative estimate of drug-likeness (QED) is 0.900. The molecule has 4 nitrogen and oxygen atoms in total. The van der Waals surface area contributed by atoms with Crippen molar-refractivity contribution in [3.8, 4) is 0 Å². The van der Waals surface area contributed by atoms with Crippen molar-refractivity contribution in [2.24, 2.45) is 5.92 Å². The Labute approximate surface area is 115 Å². The molecule has 0 aromatic heterocycles. The van der Waals surface area contributed by atoms with Gasteiger partial charge in [0.2, 0.25) is 5.91 Å². The molecular formula is C14H15F2NO3. The van der Waals surface area contributed by atoms with Gasteiger partial charge in [-0.2, -0.15) is 9.59 Å². The molecule has 20 heavy (non-hydrogen) atoms. The summed E-state index contributed by atoms with van der Waals surface area (Å²) < 4.78 is 27.7. The summed E-state index contributed by atoms with van der Waals surface area (Å²) >= 11 is 0. The molecule has 108 valence electrons. The molecule has 1 saturated heterocycles. The molecule has 1 aromatic rings. The number of hydrogen-bond donors (Lipinski definition) is 1. The zero-order valence-corrected chi connectivity index (χ0v) is 11.2. The lowest BCUT2D eigenvalue weighted by Crippen LogP contribution is -2.17. The van der Waals surface area contributed by atoms with Crippen molar-refractivity contribution in [3.05, 3.63) is 34.9 Å². The van der Waals surface area contributed by atoms with Crippen LogP contribution in [-0.2, 0) is 20.8 Å². The van der Waals surface area contributed by atoms with Crippen LogP contribution in [0.3, 0.4) is 0 Å². The number of hydrogen-bond acceptors (Lipinski definition) is 3. The molecule has 0 bridgehead atoms. The maximum atomic E-state index is 13.9. The highest BCUT2D eigenvalue weighted by Gasteiger charge is 2.35. The van der Waals surface area contributed by atoms with E-state index < -0.39 is 17.6 Å². The van der Waals surface area contributed by atoms with E-state index in [0.717, 1.165) is 0 Å². The third-order valence-electron chi connectivity index (χ3n) is 3.43. The van der Waals surface area contributed by atoms with Crippen LogP contribution < -0.4 is 5.32 Å². The van der Waals surface area contributed by atoms with Gasteiger partial charge in [0, 0.05) is 23.9 Å². The molecule has 0 aliphatic carbocycles. The normalized spacial score (nSPS) is 20.7. The van der Waals surface area contributed by atoms with Gasteiger partial charge in [-0.05, 0) is 24.1 Å². The van der Waals surface area contributed by atoms with Crippen molar-refractivity contribution < 1.29 is 23.2 Å². The molecule has 1 heterocycles.